The van der Waals surface area contributed by atoms with Crippen LogP contribution in [0.5, 0.6) is 0 Å². The molecule has 7 heteroatoms. The maximum atomic E-state index is 12.5. The fourth-order valence-electron chi connectivity index (χ4n) is 4.00. The van der Waals surface area contributed by atoms with Crippen LogP contribution in [0.4, 0.5) is 0 Å². The third-order valence-corrected chi connectivity index (χ3v) is 5.44. The number of hydrogen-bond acceptors (Lipinski definition) is 5. The number of aromatic nitrogens is 4. The summed E-state index contributed by atoms with van der Waals surface area (Å²) in [5.41, 5.74) is 3.46. The molecular weight excluding hydrogens is 344 g/mol. The van der Waals surface area contributed by atoms with Crippen LogP contribution in [0.3, 0.4) is 0 Å². The number of nitrogens with one attached hydrogen (secondary N) is 1. The Kier molecular flexibility index (Phi) is 4.80. The van der Waals surface area contributed by atoms with E-state index in [0.29, 0.717) is 24.1 Å². The highest BCUT2D eigenvalue weighted by molar-refractivity contribution is 5.78. The number of nitrogens with zero attached hydrogens (tertiary/aromatic N) is 3. The van der Waals surface area contributed by atoms with E-state index in [4.69, 9.17) is 0 Å². The van der Waals surface area contributed by atoms with Crippen molar-refractivity contribution in [1.82, 2.24) is 20.0 Å². The summed E-state index contributed by atoms with van der Waals surface area (Å²) in [7, 11) is 0. The molecule has 27 heavy (non-hydrogen) atoms. The van der Waals surface area contributed by atoms with Crippen molar-refractivity contribution < 1.29 is 10.2 Å². The molecule has 2 aromatic heterocycles. The molecule has 1 saturated carbocycles. The number of fused-ring (bicyclic) bond motifs is 1. The zero-order valence-corrected chi connectivity index (χ0v) is 15.3. The van der Waals surface area contributed by atoms with Gasteiger partial charge in [-0.3, -0.25) is 4.79 Å². The van der Waals surface area contributed by atoms with Gasteiger partial charge >= 0.3 is 0 Å². The van der Waals surface area contributed by atoms with E-state index >= 15 is 0 Å². The van der Waals surface area contributed by atoms with Gasteiger partial charge in [0.2, 0.25) is 0 Å². The first-order valence-corrected chi connectivity index (χ1v) is 9.47. The first kappa shape index (κ1) is 17.9. The Morgan fingerprint density at radius 1 is 1.26 bits per heavy atom. The van der Waals surface area contributed by atoms with Gasteiger partial charge in [-0.05, 0) is 42.4 Å². The predicted octanol–water partition coefficient (Wildman–Crippen LogP) is 2.04. The van der Waals surface area contributed by atoms with E-state index in [1.165, 1.54) is 5.56 Å². The number of benzene rings is 1. The summed E-state index contributed by atoms with van der Waals surface area (Å²) < 4.78 is 1.64. The lowest BCUT2D eigenvalue weighted by Gasteiger charge is -2.15. The third-order valence-electron chi connectivity index (χ3n) is 5.44. The van der Waals surface area contributed by atoms with Crippen LogP contribution in [0.2, 0.25) is 0 Å². The van der Waals surface area contributed by atoms with Gasteiger partial charge in [0, 0.05) is 6.61 Å². The van der Waals surface area contributed by atoms with E-state index < -0.39 is 6.10 Å². The first-order chi connectivity index (χ1) is 13.1. The molecule has 1 fully saturated rings. The van der Waals surface area contributed by atoms with Gasteiger partial charge in [0.25, 0.3) is 5.56 Å². The van der Waals surface area contributed by atoms with E-state index in [0.717, 1.165) is 18.4 Å². The minimum Gasteiger partial charge on any atom is -0.396 e. The Bertz CT molecular complexity index is 993. The van der Waals surface area contributed by atoms with Crippen LogP contribution in [-0.2, 0) is 6.42 Å². The van der Waals surface area contributed by atoms with Crippen molar-refractivity contribution in [2.24, 2.45) is 5.92 Å². The van der Waals surface area contributed by atoms with E-state index in [-0.39, 0.29) is 29.6 Å². The van der Waals surface area contributed by atoms with E-state index in [1.807, 2.05) is 18.2 Å². The maximum Gasteiger partial charge on any atom is 0.278 e. The molecule has 2 heterocycles. The van der Waals surface area contributed by atoms with Crippen molar-refractivity contribution in [3.63, 3.8) is 0 Å². The molecule has 3 N–H and O–H groups in total. The van der Waals surface area contributed by atoms with Crippen LogP contribution < -0.4 is 5.56 Å². The number of rotatable bonds is 5. The summed E-state index contributed by atoms with van der Waals surface area (Å²) in [5.74, 6) is 0.0387. The van der Waals surface area contributed by atoms with Crippen molar-refractivity contribution in [2.75, 3.05) is 6.61 Å². The number of aromatic amines is 1. The second kappa shape index (κ2) is 7.25. The molecule has 1 aliphatic rings. The summed E-state index contributed by atoms with van der Waals surface area (Å²) in [6.45, 7) is 2.18. The van der Waals surface area contributed by atoms with E-state index in [1.54, 1.807) is 4.68 Å². The second-order valence-corrected chi connectivity index (χ2v) is 7.38. The third kappa shape index (κ3) is 3.28. The predicted molar refractivity (Wildman–Crippen MR) is 102 cm³/mol. The summed E-state index contributed by atoms with van der Waals surface area (Å²) in [6.07, 6.45) is 2.65. The number of hydrogen-bond donors (Lipinski definition) is 3. The molecular formula is C20H24N4O3. The van der Waals surface area contributed by atoms with Gasteiger partial charge in [0.05, 0.1) is 23.4 Å². The fraction of sp³-hybridized carbons (Fsp3) is 0.450. The summed E-state index contributed by atoms with van der Waals surface area (Å²) in [4.78, 5) is 15.4. The maximum absolute atomic E-state index is 12.5. The Balaban J connectivity index is 1.75. The molecule has 0 unspecified atom stereocenters. The molecule has 1 aromatic carbocycles. The quantitative estimate of drug-likeness (QED) is 0.639. The molecule has 0 aliphatic heterocycles. The molecule has 3 aromatic rings. The van der Waals surface area contributed by atoms with Crippen LogP contribution in [0.25, 0.3) is 22.3 Å². The Labute approximate surface area is 156 Å². The molecule has 7 nitrogen and oxygen atoms in total. The number of H-pyrrole nitrogens is 1. The molecule has 0 saturated heterocycles. The number of aliphatic hydroxyl groups excluding tert-OH is 2. The Morgan fingerprint density at radius 2 is 2.04 bits per heavy atom. The van der Waals surface area contributed by atoms with Gasteiger partial charge < -0.3 is 15.2 Å². The van der Waals surface area contributed by atoms with E-state index in [2.05, 4.69) is 34.4 Å². The minimum atomic E-state index is -0.608. The first-order valence-electron chi connectivity index (χ1n) is 9.47. The lowest BCUT2D eigenvalue weighted by atomic mass is 10.1. The number of aliphatic hydroxyl groups is 2. The highest BCUT2D eigenvalue weighted by atomic mass is 16.3. The van der Waals surface area contributed by atoms with Gasteiger partial charge in [0.1, 0.15) is 0 Å². The normalized spacial score (nSPS) is 22.6. The Morgan fingerprint density at radius 3 is 2.70 bits per heavy atom. The average molecular weight is 368 g/mol. The van der Waals surface area contributed by atoms with Crippen molar-refractivity contribution in [1.29, 1.82) is 0 Å². The van der Waals surface area contributed by atoms with Gasteiger partial charge in [-0.15, -0.1) is 5.10 Å². The molecule has 0 amide bonds. The zero-order chi connectivity index (χ0) is 19.0. The summed E-state index contributed by atoms with van der Waals surface area (Å²) >= 11 is 0. The van der Waals surface area contributed by atoms with Crippen molar-refractivity contribution in [3.05, 3.63) is 46.2 Å². The van der Waals surface area contributed by atoms with Crippen LogP contribution in [0, 0.1) is 5.92 Å². The highest BCUT2D eigenvalue weighted by Gasteiger charge is 2.35. The zero-order valence-electron chi connectivity index (χ0n) is 15.3. The number of pyridine rings is 1. The van der Waals surface area contributed by atoms with Crippen LogP contribution >= 0.6 is 0 Å². The smallest absolute Gasteiger partial charge is 0.278 e. The monoisotopic (exact) mass is 368 g/mol. The summed E-state index contributed by atoms with van der Waals surface area (Å²) in [6, 6.07) is 9.73. The van der Waals surface area contributed by atoms with Crippen molar-refractivity contribution in [2.45, 2.75) is 44.8 Å². The molecule has 4 rings (SSSR count). The minimum absolute atomic E-state index is 0.0378. The summed E-state index contributed by atoms with van der Waals surface area (Å²) in [5, 5.41) is 27.9. The lowest BCUT2D eigenvalue weighted by Crippen LogP contribution is -2.19. The average Bonchev–Trinajstić information content (AvgIpc) is 3.26. The SMILES string of the molecule is CCCc1ccc(-c2cc3c(nnn3[C@@H]3C[C@H](CO)C[C@H]3O)c(=O)[nH]2)cc1. The van der Waals surface area contributed by atoms with Gasteiger partial charge in [-0.25, -0.2) is 4.68 Å². The van der Waals surface area contributed by atoms with Crippen molar-refractivity contribution in [3.8, 4) is 11.3 Å². The van der Waals surface area contributed by atoms with E-state index in [9.17, 15) is 15.0 Å². The van der Waals surface area contributed by atoms with Crippen LogP contribution in [0.1, 0.15) is 37.8 Å². The molecule has 0 spiro atoms. The molecule has 0 bridgehead atoms. The van der Waals surface area contributed by atoms with Crippen LogP contribution in [0.15, 0.2) is 35.1 Å². The number of aryl methyl sites for hydroxylation is 1. The topological polar surface area (TPSA) is 104 Å². The highest BCUT2D eigenvalue weighted by Crippen LogP contribution is 2.35. The van der Waals surface area contributed by atoms with Gasteiger partial charge in [-0.2, -0.15) is 0 Å². The largest absolute Gasteiger partial charge is 0.396 e. The van der Waals surface area contributed by atoms with Crippen molar-refractivity contribution >= 4 is 11.0 Å². The Hall–Kier alpha value is -2.51. The molecule has 1 aliphatic carbocycles. The molecule has 0 radical (unpaired) electrons. The second-order valence-electron chi connectivity index (χ2n) is 7.38. The molecule has 142 valence electrons. The standard InChI is InChI=1S/C20H24N4O3/c1-2-3-12-4-6-14(7-5-12)15-10-17-19(20(27)21-15)22-23-24(17)16-8-13(11-25)9-18(16)26/h4-7,10,13,16,18,25-26H,2-3,8-9,11H2,1H3,(H,21,27)/t13-,16+,18+/m0/s1. The molecule has 3 atom stereocenters. The van der Waals surface area contributed by atoms with Crippen LogP contribution in [-0.4, -0.2) is 42.9 Å². The van der Waals surface area contributed by atoms with Gasteiger partial charge in [0.15, 0.2) is 5.52 Å². The lowest BCUT2D eigenvalue weighted by molar-refractivity contribution is 0.127. The fourth-order valence-corrected chi connectivity index (χ4v) is 4.00. The van der Waals surface area contributed by atoms with Gasteiger partial charge in [-0.1, -0.05) is 42.8 Å².